The average molecular weight is 263 g/mol. The largest absolute Gasteiger partial charge is 0.384 e. The maximum absolute atomic E-state index is 11.7. The van der Waals surface area contributed by atoms with Crippen molar-refractivity contribution >= 4 is 16.5 Å². The Hall–Kier alpha value is -2.62. The van der Waals surface area contributed by atoms with E-state index in [1.54, 1.807) is 6.20 Å². The van der Waals surface area contributed by atoms with Crippen LogP contribution in [-0.4, -0.2) is 16.7 Å². The van der Waals surface area contributed by atoms with E-state index in [4.69, 9.17) is 0 Å². The van der Waals surface area contributed by atoms with Gasteiger partial charge in [-0.15, -0.1) is 0 Å². The van der Waals surface area contributed by atoms with E-state index < -0.39 is 0 Å². The smallest absolute Gasteiger partial charge is 0.272 e. The van der Waals surface area contributed by atoms with Crippen LogP contribution in [0.15, 0.2) is 47.4 Å². The lowest BCUT2D eigenvalue weighted by atomic mass is 10.00. The van der Waals surface area contributed by atoms with E-state index in [2.05, 4.69) is 33.7 Å². The molecule has 0 bridgehead atoms. The number of aromatic amines is 1. The molecule has 98 valence electrons. The molecule has 4 nitrogen and oxygen atoms in total. The van der Waals surface area contributed by atoms with Crippen LogP contribution in [0.3, 0.4) is 0 Å². The molecule has 4 heteroatoms. The Balaban J connectivity index is 1.88. The van der Waals surface area contributed by atoms with Crippen molar-refractivity contribution in [3.8, 4) is 11.1 Å². The molecule has 0 saturated heterocycles. The lowest BCUT2D eigenvalue weighted by Gasteiger charge is -2.06. The third-order valence-electron chi connectivity index (χ3n) is 3.81. The van der Waals surface area contributed by atoms with Gasteiger partial charge in [0.15, 0.2) is 0 Å². The first kappa shape index (κ1) is 11.2. The fourth-order valence-electron chi connectivity index (χ4n) is 2.76. The van der Waals surface area contributed by atoms with Crippen LogP contribution >= 0.6 is 0 Å². The van der Waals surface area contributed by atoms with E-state index in [-0.39, 0.29) is 5.56 Å². The minimum Gasteiger partial charge on any atom is -0.384 e. The third kappa shape index (κ3) is 1.69. The van der Waals surface area contributed by atoms with Crippen LogP contribution in [0.2, 0.25) is 0 Å². The molecular weight excluding hydrogens is 250 g/mol. The van der Waals surface area contributed by atoms with Crippen molar-refractivity contribution < 1.29 is 0 Å². The second-order valence-electron chi connectivity index (χ2n) is 5.05. The highest BCUT2D eigenvalue weighted by Crippen LogP contribution is 2.29. The van der Waals surface area contributed by atoms with Gasteiger partial charge in [0.1, 0.15) is 0 Å². The topological polar surface area (TPSA) is 57.8 Å². The first-order valence-electron chi connectivity index (χ1n) is 6.66. The van der Waals surface area contributed by atoms with E-state index in [0.29, 0.717) is 5.39 Å². The summed E-state index contributed by atoms with van der Waals surface area (Å²) in [4.78, 5) is 11.7. The number of fused-ring (bicyclic) bond motifs is 2. The first-order chi connectivity index (χ1) is 9.81. The van der Waals surface area contributed by atoms with Crippen molar-refractivity contribution in [3.05, 3.63) is 58.5 Å². The van der Waals surface area contributed by atoms with Crippen molar-refractivity contribution in [1.82, 2.24) is 10.2 Å². The van der Waals surface area contributed by atoms with Crippen LogP contribution in [0.5, 0.6) is 0 Å². The van der Waals surface area contributed by atoms with Crippen LogP contribution in [0.25, 0.3) is 21.9 Å². The summed E-state index contributed by atoms with van der Waals surface area (Å²) in [7, 11) is 0. The lowest BCUT2D eigenvalue weighted by molar-refractivity contribution is 1.01. The monoisotopic (exact) mass is 263 g/mol. The molecule has 4 rings (SSSR count). The van der Waals surface area contributed by atoms with Gasteiger partial charge in [-0.25, -0.2) is 5.10 Å². The predicted molar refractivity (Wildman–Crippen MR) is 80.0 cm³/mol. The molecule has 1 aliphatic heterocycles. The summed E-state index contributed by atoms with van der Waals surface area (Å²) in [5, 5.41) is 11.2. The van der Waals surface area contributed by atoms with E-state index in [0.717, 1.165) is 23.9 Å². The van der Waals surface area contributed by atoms with E-state index in [1.165, 1.54) is 16.8 Å². The molecule has 20 heavy (non-hydrogen) atoms. The van der Waals surface area contributed by atoms with Crippen molar-refractivity contribution in [3.63, 3.8) is 0 Å². The summed E-state index contributed by atoms with van der Waals surface area (Å²) >= 11 is 0. The van der Waals surface area contributed by atoms with Crippen LogP contribution < -0.4 is 10.9 Å². The summed E-state index contributed by atoms with van der Waals surface area (Å²) in [6, 6.07) is 12.3. The first-order valence-corrected chi connectivity index (χ1v) is 6.66. The van der Waals surface area contributed by atoms with Crippen molar-refractivity contribution in [2.75, 3.05) is 11.9 Å². The molecule has 0 aliphatic carbocycles. The highest BCUT2D eigenvalue weighted by atomic mass is 16.1. The Morgan fingerprint density at radius 1 is 1.05 bits per heavy atom. The van der Waals surface area contributed by atoms with Crippen LogP contribution in [0, 0.1) is 0 Å². The molecule has 0 fully saturated rings. The van der Waals surface area contributed by atoms with Gasteiger partial charge in [-0.2, -0.15) is 5.10 Å². The van der Waals surface area contributed by atoms with Gasteiger partial charge in [-0.3, -0.25) is 4.79 Å². The van der Waals surface area contributed by atoms with Gasteiger partial charge < -0.3 is 5.32 Å². The number of anilines is 1. The molecule has 2 aromatic carbocycles. The van der Waals surface area contributed by atoms with Crippen LogP contribution in [-0.2, 0) is 6.42 Å². The average Bonchev–Trinajstić information content (AvgIpc) is 2.94. The Morgan fingerprint density at radius 3 is 2.85 bits per heavy atom. The van der Waals surface area contributed by atoms with Gasteiger partial charge in [0.25, 0.3) is 5.56 Å². The van der Waals surface area contributed by atoms with Gasteiger partial charge in [0.05, 0.1) is 11.6 Å². The maximum atomic E-state index is 11.7. The number of rotatable bonds is 1. The molecule has 0 unspecified atom stereocenters. The van der Waals surface area contributed by atoms with Gasteiger partial charge in [-0.1, -0.05) is 12.1 Å². The SMILES string of the molecule is O=c1[nH]ncc2cc(-c3ccc4c(c3)CCN4)ccc12. The summed E-state index contributed by atoms with van der Waals surface area (Å²) in [5.41, 5.74) is 4.72. The highest BCUT2D eigenvalue weighted by Gasteiger charge is 2.11. The number of nitrogens with one attached hydrogen (secondary N) is 2. The lowest BCUT2D eigenvalue weighted by Crippen LogP contribution is -2.06. The van der Waals surface area contributed by atoms with Gasteiger partial charge >= 0.3 is 0 Å². The fraction of sp³-hybridized carbons (Fsp3) is 0.125. The van der Waals surface area contributed by atoms with Crippen molar-refractivity contribution in [2.45, 2.75) is 6.42 Å². The molecule has 0 atom stereocenters. The number of nitrogens with zero attached hydrogens (tertiary/aromatic N) is 1. The Morgan fingerprint density at radius 2 is 1.90 bits per heavy atom. The molecule has 3 aromatic rings. The van der Waals surface area contributed by atoms with E-state index in [9.17, 15) is 4.79 Å². The minimum atomic E-state index is -0.146. The fourth-order valence-corrected chi connectivity index (χ4v) is 2.76. The van der Waals surface area contributed by atoms with Crippen LogP contribution in [0.4, 0.5) is 5.69 Å². The van der Waals surface area contributed by atoms with Crippen LogP contribution in [0.1, 0.15) is 5.56 Å². The Labute approximate surface area is 115 Å². The zero-order valence-electron chi connectivity index (χ0n) is 10.8. The summed E-state index contributed by atoms with van der Waals surface area (Å²) < 4.78 is 0. The zero-order chi connectivity index (χ0) is 13.5. The normalized spacial score (nSPS) is 13.2. The highest BCUT2D eigenvalue weighted by molar-refractivity contribution is 5.86. The number of benzene rings is 2. The van der Waals surface area contributed by atoms with Crippen molar-refractivity contribution in [2.24, 2.45) is 0 Å². The standard InChI is InChI=1S/C16H13N3O/c20-16-14-3-1-10(8-13(14)9-18-19-16)11-2-4-15-12(7-11)5-6-17-15/h1-4,7-9,17H,5-6H2,(H,19,20). The van der Waals surface area contributed by atoms with Gasteiger partial charge in [0.2, 0.25) is 0 Å². The number of H-pyrrole nitrogens is 1. The van der Waals surface area contributed by atoms with Crippen molar-refractivity contribution in [1.29, 1.82) is 0 Å². The molecule has 2 N–H and O–H groups in total. The second-order valence-corrected chi connectivity index (χ2v) is 5.05. The number of hydrogen-bond acceptors (Lipinski definition) is 3. The molecule has 0 spiro atoms. The van der Waals surface area contributed by atoms with E-state index in [1.807, 2.05) is 18.2 Å². The zero-order valence-corrected chi connectivity index (χ0v) is 10.8. The van der Waals surface area contributed by atoms with Gasteiger partial charge in [0, 0.05) is 17.6 Å². The predicted octanol–water partition coefficient (Wildman–Crippen LogP) is 2.56. The maximum Gasteiger partial charge on any atom is 0.272 e. The second kappa shape index (κ2) is 4.20. The molecule has 0 saturated carbocycles. The number of aromatic nitrogens is 2. The molecule has 1 aromatic heterocycles. The molecule has 0 radical (unpaired) electrons. The molecule has 1 aliphatic rings. The Kier molecular flexibility index (Phi) is 2.36. The summed E-state index contributed by atoms with van der Waals surface area (Å²) in [6.07, 6.45) is 2.76. The Bertz CT molecular complexity index is 867. The third-order valence-corrected chi connectivity index (χ3v) is 3.81. The van der Waals surface area contributed by atoms with Gasteiger partial charge in [-0.05, 0) is 47.4 Å². The molecular formula is C16H13N3O. The molecule has 2 heterocycles. The molecule has 0 amide bonds. The summed E-state index contributed by atoms with van der Waals surface area (Å²) in [5.74, 6) is 0. The quantitative estimate of drug-likeness (QED) is 0.709. The van der Waals surface area contributed by atoms with E-state index >= 15 is 0 Å². The summed E-state index contributed by atoms with van der Waals surface area (Å²) in [6.45, 7) is 1.01. The number of hydrogen-bond donors (Lipinski definition) is 2. The minimum absolute atomic E-state index is 0.146.